The van der Waals surface area contributed by atoms with Crippen molar-refractivity contribution < 1.29 is 4.79 Å². The Hall–Kier alpha value is -2.11. The van der Waals surface area contributed by atoms with E-state index in [9.17, 15) is 4.79 Å². The van der Waals surface area contributed by atoms with Gasteiger partial charge in [0.1, 0.15) is 6.54 Å². The Morgan fingerprint density at radius 2 is 2.08 bits per heavy atom. The molecule has 1 aliphatic heterocycles. The zero-order valence-corrected chi connectivity index (χ0v) is 17.6. The van der Waals surface area contributed by atoms with Gasteiger partial charge in [-0.3, -0.25) is 19.2 Å². The molecule has 2 aromatic rings. The number of nitrogens with one attached hydrogen (secondary N) is 1. The van der Waals surface area contributed by atoms with Crippen molar-refractivity contribution in [3.63, 3.8) is 0 Å². The number of aromatic nitrogens is 4. The van der Waals surface area contributed by atoms with Gasteiger partial charge in [0.05, 0.1) is 24.6 Å². The molecule has 2 aromatic heterocycles. The molecule has 26 heavy (non-hydrogen) atoms. The van der Waals surface area contributed by atoms with E-state index in [4.69, 9.17) is 0 Å². The molecule has 1 fully saturated rings. The zero-order chi connectivity index (χ0) is 17.8. The summed E-state index contributed by atoms with van der Waals surface area (Å²) in [5.41, 5.74) is 1.98. The third kappa shape index (κ3) is 4.74. The van der Waals surface area contributed by atoms with E-state index in [1.807, 2.05) is 42.1 Å². The molecule has 1 saturated heterocycles. The average molecular weight is 472 g/mol. The van der Waals surface area contributed by atoms with Gasteiger partial charge < -0.3 is 15.1 Å². The van der Waals surface area contributed by atoms with Gasteiger partial charge >= 0.3 is 0 Å². The number of nitrogens with zero attached hydrogens (tertiary/aromatic N) is 7. The number of carbonyl (C=O) groups is 1. The van der Waals surface area contributed by atoms with Gasteiger partial charge in [0.15, 0.2) is 5.96 Å². The maximum atomic E-state index is 12.5. The fourth-order valence-corrected chi connectivity index (χ4v) is 2.88. The lowest BCUT2D eigenvalue weighted by atomic mass is 10.3. The Bertz CT molecular complexity index is 768. The van der Waals surface area contributed by atoms with Gasteiger partial charge in [-0.15, -0.1) is 24.0 Å². The van der Waals surface area contributed by atoms with Crippen LogP contribution in [0.15, 0.2) is 29.8 Å². The maximum Gasteiger partial charge on any atom is 0.246 e. The molecule has 3 rings (SSSR count). The van der Waals surface area contributed by atoms with Crippen LogP contribution in [-0.2, 0) is 18.4 Å². The van der Waals surface area contributed by atoms with Gasteiger partial charge in [0.2, 0.25) is 5.91 Å². The number of piperazine rings is 1. The Morgan fingerprint density at radius 1 is 1.27 bits per heavy atom. The molecule has 142 valence electrons. The van der Waals surface area contributed by atoms with Crippen molar-refractivity contribution in [1.29, 1.82) is 0 Å². The third-order valence-corrected chi connectivity index (χ3v) is 4.12. The highest BCUT2D eigenvalue weighted by molar-refractivity contribution is 14.0. The van der Waals surface area contributed by atoms with Crippen molar-refractivity contribution in [2.45, 2.75) is 13.5 Å². The summed E-state index contributed by atoms with van der Waals surface area (Å²) in [6.45, 7) is 5.10. The molecule has 3 heterocycles. The number of halogens is 1. The summed E-state index contributed by atoms with van der Waals surface area (Å²) in [4.78, 5) is 20.5. The molecule has 0 radical (unpaired) electrons. The van der Waals surface area contributed by atoms with Crippen molar-refractivity contribution in [1.82, 2.24) is 29.8 Å². The number of guanidine groups is 1. The standard InChI is InChI=1S/C16H24N8O.HI/c1-13-8-20-23(10-13)5-4-18-16(17-2)22-6-7-24(15(25)12-22)14-9-19-21(3)11-14;/h8-11H,4-7,12H2,1-3H3,(H,17,18);1H. The minimum absolute atomic E-state index is 0. The second-order valence-electron chi connectivity index (χ2n) is 6.09. The van der Waals surface area contributed by atoms with Crippen LogP contribution in [0.2, 0.25) is 0 Å². The molecule has 1 aliphatic rings. The summed E-state index contributed by atoms with van der Waals surface area (Å²) in [5, 5.41) is 11.7. The summed E-state index contributed by atoms with van der Waals surface area (Å²) in [6, 6.07) is 0. The van der Waals surface area contributed by atoms with Crippen molar-refractivity contribution >= 4 is 41.5 Å². The lowest BCUT2D eigenvalue weighted by molar-refractivity contribution is -0.120. The van der Waals surface area contributed by atoms with E-state index >= 15 is 0 Å². The van der Waals surface area contributed by atoms with Crippen LogP contribution in [0.3, 0.4) is 0 Å². The van der Waals surface area contributed by atoms with Crippen molar-refractivity contribution in [2.75, 3.05) is 38.1 Å². The second kappa shape index (κ2) is 9.01. The van der Waals surface area contributed by atoms with E-state index in [1.165, 1.54) is 0 Å². The Kier molecular flexibility index (Phi) is 7.00. The van der Waals surface area contributed by atoms with Crippen LogP contribution in [0.5, 0.6) is 0 Å². The Morgan fingerprint density at radius 3 is 2.65 bits per heavy atom. The molecule has 0 saturated carbocycles. The van der Waals surface area contributed by atoms with Crippen LogP contribution < -0.4 is 10.2 Å². The normalized spacial score (nSPS) is 15.2. The fourth-order valence-electron chi connectivity index (χ4n) is 2.88. The number of amides is 1. The average Bonchev–Trinajstić information content (AvgIpc) is 3.20. The minimum atomic E-state index is 0. The molecular weight excluding hydrogens is 447 g/mol. The number of aryl methyl sites for hydroxylation is 2. The first kappa shape index (κ1) is 20.2. The SMILES string of the molecule is CN=C(NCCn1cc(C)cn1)N1CCN(c2cnn(C)c2)C(=O)C1.I. The summed E-state index contributed by atoms with van der Waals surface area (Å²) in [5.74, 6) is 0.785. The number of aliphatic imine (C=N–C) groups is 1. The van der Waals surface area contributed by atoms with E-state index in [2.05, 4.69) is 20.5 Å². The highest BCUT2D eigenvalue weighted by Crippen LogP contribution is 2.15. The maximum absolute atomic E-state index is 12.5. The van der Waals surface area contributed by atoms with Crippen molar-refractivity contribution in [3.05, 3.63) is 30.4 Å². The number of hydrogen-bond acceptors (Lipinski definition) is 4. The molecular formula is C16H25IN8O. The van der Waals surface area contributed by atoms with Gasteiger partial charge in [0, 0.05) is 46.1 Å². The van der Waals surface area contributed by atoms with Gasteiger partial charge in [-0.25, -0.2) is 0 Å². The first-order valence-corrected chi connectivity index (χ1v) is 8.30. The van der Waals surface area contributed by atoms with Gasteiger partial charge in [0.25, 0.3) is 0 Å². The van der Waals surface area contributed by atoms with Crippen molar-refractivity contribution in [2.24, 2.45) is 12.0 Å². The molecule has 0 bridgehead atoms. The number of rotatable bonds is 4. The van der Waals surface area contributed by atoms with Crippen LogP contribution in [-0.4, -0.2) is 69.6 Å². The molecule has 1 N–H and O–H groups in total. The smallest absolute Gasteiger partial charge is 0.246 e. The van der Waals surface area contributed by atoms with E-state index in [0.717, 1.165) is 30.3 Å². The molecule has 9 nitrogen and oxygen atoms in total. The Balaban J connectivity index is 0.00000243. The molecule has 0 aliphatic carbocycles. The monoisotopic (exact) mass is 472 g/mol. The lowest BCUT2D eigenvalue weighted by Gasteiger charge is -2.35. The number of hydrogen-bond donors (Lipinski definition) is 1. The van der Waals surface area contributed by atoms with Crippen LogP contribution >= 0.6 is 24.0 Å². The van der Waals surface area contributed by atoms with Crippen LogP contribution in [0, 0.1) is 6.92 Å². The van der Waals surface area contributed by atoms with E-state index in [1.54, 1.807) is 22.8 Å². The second-order valence-corrected chi connectivity index (χ2v) is 6.09. The molecule has 0 atom stereocenters. The topological polar surface area (TPSA) is 83.6 Å². The zero-order valence-electron chi connectivity index (χ0n) is 15.3. The predicted molar refractivity (Wildman–Crippen MR) is 111 cm³/mol. The first-order valence-electron chi connectivity index (χ1n) is 8.30. The quantitative estimate of drug-likeness (QED) is 0.398. The van der Waals surface area contributed by atoms with Crippen molar-refractivity contribution in [3.8, 4) is 0 Å². The molecule has 10 heteroatoms. The van der Waals surface area contributed by atoms with E-state index < -0.39 is 0 Å². The van der Waals surface area contributed by atoms with E-state index in [0.29, 0.717) is 19.6 Å². The van der Waals surface area contributed by atoms with Gasteiger partial charge in [-0.2, -0.15) is 10.2 Å². The van der Waals surface area contributed by atoms with Gasteiger partial charge in [-0.1, -0.05) is 0 Å². The van der Waals surface area contributed by atoms with Crippen LogP contribution in [0.1, 0.15) is 5.56 Å². The predicted octanol–water partition coefficient (Wildman–Crippen LogP) is 0.467. The minimum Gasteiger partial charge on any atom is -0.354 e. The third-order valence-electron chi connectivity index (χ3n) is 4.12. The molecule has 0 aromatic carbocycles. The van der Waals surface area contributed by atoms with Crippen LogP contribution in [0.25, 0.3) is 0 Å². The van der Waals surface area contributed by atoms with Crippen LogP contribution in [0.4, 0.5) is 5.69 Å². The summed E-state index contributed by atoms with van der Waals surface area (Å²) in [7, 11) is 3.58. The highest BCUT2D eigenvalue weighted by atomic mass is 127. The summed E-state index contributed by atoms with van der Waals surface area (Å²) in [6.07, 6.45) is 7.41. The fraction of sp³-hybridized carbons (Fsp3) is 0.500. The lowest BCUT2D eigenvalue weighted by Crippen LogP contribution is -2.55. The number of anilines is 1. The largest absolute Gasteiger partial charge is 0.354 e. The molecule has 0 spiro atoms. The van der Waals surface area contributed by atoms with Gasteiger partial charge in [-0.05, 0) is 12.5 Å². The molecule has 0 unspecified atom stereocenters. The van der Waals surface area contributed by atoms with E-state index in [-0.39, 0.29) is 29.9 Å². The first-order chi connectivity index (χ1) is 12.1. The highest BCUT2D eigenvalue weighted by Gasteiger charge is 2.27. The number of carbonyl (C=O) groups excluding carboxylic acids is 1. The Labute approximate surface area is 170 Å². The molecule has 1 amide bonds. The summed E-state index contributed by atoms with van der Waals surface area (Å²) >= 11 is 0. The summed E-state index contributed by atoms with van der Waals surface area (Å²) < 4.78 is 3.59.